The third-order valence-electron chi connectivity index (χ3n) is 4.27. The van der Waals surface area contributed by atoms with Crippen molar-refractivity contribution < 1.29 is 4.39 Å². The molecular formula is C16H25FN2. The van der Waals surface area contributed by atoms with E-state index in [1.54, 1.807) is 6.07 Å². The van der Waals surface area contributed by atoms with Gasteiger partial charge in [0.05, 0.1) is 5.69 Å². The average molecular weight is 264 g/mol. The van der Waals surface area contributed by atoms with Crippen LogP contribution in [0.25, 0.3) is 0 Å². The van der Waals surface area contributed by atoms with Crippen molar-refractivity contribution in [3.8, 4) is 0 Å². The topological polar surface area (TPSA) is 6.48 Å². The standard InChI is InChI=1S/C16H25FN2/c1-4-13(5-2)14-6-7-16(15(17)12-14)19-10-8-18(3)9-11-19/h6-7,12-13H,4-5,8-11H2,1-3H3. The van der Waals surface area contributed by atoms with Crippen molar-refractivity contribution >= 4 is 5.69 Å². The number of piperazine rings is 1. The van der Waals surface area contributed by atoms with Gasteiger partial charge in [-0.3, -0.25) is 0 Å². The molecule has 19 heavy (non-hydrogen) atoms. The summed E-state index contributed by atoms with van der Waals surface area (Å²) in [7, 11) is 2.11. The minimum Gasteiger partial charge on any atom is -0.367 e. The molecule has 0 radical (unpaired) electrons. The van der Waals surface area contributed by atoms with Gasteiger partial charge in [0, 0.05) is 26.2 Å². The lowest BCUT2D eigenvalue weighted by molar-refractivity contribution is 0.311. The Kier molecular flexibility index (Phi) is 4.81. The maximum absolute atomic E-state index is 14.3. The van der Waals surface area contributed by atoms with E-state index >= 15 is 0 Å². The Bertz CT molecular complexity index is 407. The molecule has 0 unspecified atom stereocenters. The normalized spacial score (nSPS) is 17.2. The van der Waals surface area contributed by atoms with Crippen molar-refractivity contribution in [3.63, 3.8) is 0 Å². The number of benzene rings is 1. The summed E-state index contributed by atoms with van der Waals surface area (Å²) in [6, 6.07) is 5.81. The van der Waals surface area contributed by atoms with E-state index in [0.717, 1.165) is 50.3 Å². The second-order valence-corrected chi connectivity index (χ2v) is 5.51. The van der Waals surface area contributed by atoms with Crippen molar-refractivity contribution in [2.24, 2.45) is 0 Å². The summed E-state index contributed by atoms with van der Waals surface area (Å²) in [6.07, 6.45) is 2.15. The fourth-order valence-corrected chi connectivity index (χ4v) is 2.84. The van der Waals surface area contributed by atoms with Gasteiger partial charge in [-0.05, 0) is 43.5 Å². The highest BCUT2D eigenvalue weighted by atomic mass is 19.1. The number of hydrogen-bond donors (Lipinski definition) is 0. The molecule has 0 saturated carbocycles. The van der Waals surface area contributed by atoms with Gasteiger partial charge in [-0.1, -0.05) is 19.9 Å². The molecule has 1 aliphatic heterocycles. The Morgan fingerprint density at radius 2 is 1.74 bits per heavy atom. The van der Waals surface area contributed by atoms with Crippen molar-refractivity contribution in [1.82, 2.24) is 4.90 Å². The summed E-state index contributed by atoms with van der Waals surface area (Å²) in [5.41, 5.74) is 1.91. The van der Waals surface area contributed by atoms with E-state index in [9.17, 15) is 4.39 Å². The Hall–Kier alpha value is -1.09. The minimum atomic E-state index is -0.0612. The van der Waals surface area contributed by atoms with Crippen molar-refractivity contribution in [3.05, 3.63) is 29.6 Å². The lowest BCUT2D eigenvalue weighted by Crippen LogP contribution is -2.44. The zero-order chi connectivity index (χ0) is 13.8. The third-order valence-corrected chi connectivity index (χ3v) is 4.27. The van der Waals surface area contributed by atoms with Crippen LogP contribution < -0.4 is 4.90 Å². The molecule has 0 atom stereocenters. The van der Waals surface area contributed by atoms with Crippen LogP contribution in [0.4, 0.5) is 10.1 Å². The van der Waals surface area contributed by atoms with Gasteiger partial charge >= 0.3 is 0 Å². The Balaban J connectivity index is 2.15. The molecule has 1 fully saturated rings. The van der Waals surface area contributed by atoms with Crippen molar-refractivity contribution in [1.29, 1.82) is 0 Å². The second kappa shape index (κ2) is 6.38. The molecular weight excluding hydrogens is 239 g/mol. The van der Waals surface area contributed by atoms with Crippen LogP contribution in [0.5, 0.6) is 0 Å². The molecule has 1 aliphatic rings. The van der Waals surface area contributed by atoms with Crippen LogP contribution >= 0.6 is 0 Å². The maximum Gasteiger partial charge on any atom is 0.146 e. The molecule has 0 aliphatic carbocycles. The molecule has 0 amide bonds. The van der Waals surface area contributed by atoms with Gasteiger partial charge in [0.2, 0.25) is 0 Å². The monoisotopic (exact) mass is 264 g/mol. The van der Waals surface area contributed by atoms with E-state index in [2.05, 4.69) is 36.8 Å². The van der Waals surface area contributed by atoms with Crippen LogP contribution in [0, 0.1) is 5.82 Å². The molecule has 106 valence electrons. The number of halogens is 1. The van der Waals surface area contributed by atoms with E-state index in [4.69, 9.17) is 0 Å². The number of nitrogens with zero attached hydrogens (tertiary/aromatic N) is 2. The van der Waals surface area contributed by atoms with Gasteiger partial charge in [-0.2, -0.15) is 0 Å². The smallest absolute Gasteiger partial charge is 0.146 e. The highest BCUT2D eigenvalue weighted by Crippen LogP contribution is 2.28. The van der Waals surface area contributed by atoms with Gasteiger partial charge in [-0.15, -0.1) is 0 Å². The van der Waals surface area contributed by atoms with Crippen LogP contribution in [0.15, 0.2) is 18.2 Å². The Morgan fingerprint density at radius 1 is 1.11 bits per heavy atom. The summed E-state index contributed by atoms with van der Waals surface area (Å²) < 4.78 is 14.3. The van der Waals surface area contributed by atoms with Gasteiger partial charge in [-0.25, -0.2) is 4.39 Å². The highest BCUT2D eigenvalue weighted by molar-refractivity contribution is 5.50. The Morgan fingerprint density at radius 3 is 2.26 bits per heavy atom. The molecule has 2 nitrogen and oxygen atoms in total. The second-order valence-electron chi connectivity index (χ2n) is 5.51. The summed E-state index contributed by atoms with van der Waals surface area (Å²) >= 11 is 0. The number of hydrogen-bond acceptors (Lipinski definition) is 2. The first-order valence-electron chi connectivity index (χ1n) is 7.38. The molecule has 1 aromatic carbocycles. The van der Waals surface area contributed by atoms with Crippen LogP contribution in [0.2, 0.25) is 0 Å². The van der Waals surface area contributed by atoms with E-state index in [1.807, 2.05) is 6.07 Å². The Labute approximate surface area is 116 Å². The highest BCUT2D eigenvalue weighted by Gasteiger charge is 2.18. The quantitative estimate of drug-likeness (QED) is 0.821. The predicted molar refractivity (Wildman–Crippen MR) is 79.4 cm³/mol. The van der Waals surface area contributed by atoms with Gasteiger partial charge in [0.1, 0.15) is 5.82 Å². The van der Waals surface area contributed by atoms with Crippen LogP contribution in [-0.2, 0) is 0 Å². The van der Waals surface area contributed by atoms with Gasteiger partial charge in [0.25, 0.3) is 0 Å². The molecule has 0 spiro atoms. The molecule has 0 aromatic heterocycles. The molecule has 1 saturated heterocycles. The predicted octanol–water partition coefficient (Wildman–Crippen LogP) is 3.48. The molecule has 0 bridgehead atoms. The van der Waals surface area contributed by atoms with E-state index in [-0.39, 0.29) is 5.82 Å². The summed E-state index contributed by atoms with van der Waals surface area (Å²) in [4.78, 5) is 4.44. The summed E-state index contributed by atoms with van der Waals surface area (Å²) in [5, 5.41) is 0. The number of anilines is 1. The lowest BCUT2D eigenvalue weighted by Gasteiger charge is -2.34. The largest absolute Gasteiger partial charge is 0.367 e. The van der Waals surface area contributed by atoms with Crippen LogP contribution in [0.3, 0.4) is 0 Å². The first-order chi connectivity index (χ1) is 9.15. The maximum atomic E-state index is 14.3. The van der Waals surface area contributed by atoms with Gasteiger partial charge in [0.15, 0.2) is 0 Å². The van der Waals surface area contributed by atoms with E-state index < -0.39 is 0 Å². The molecule has 1 heterocycles. The summed E-state index contributed by atoms with van der Waals surface area (Å²) in [5.74, 6) is 0.421. The number of rotatable bonds is 4. The van der Waals surface area contributed by atoms with Crippen molar-refractivity contribution in [2.45, 2.75) is 32.6 Å². The SMILES string of the molecule is CCC(CC)c1ccc(N2CCN(C)CC2)c(F)c1. The number of likely N-dealkylation sites (N-methyl/N-ethyl adjacent to an activating group) is 1. The first-order valence-corrected chi connectivity index (χ1v) is 7.38. The molecule has 3 heteroatoms. The van der Waals surface area contributed by atoms with E-state index in [0.29, 0.717) is 5.92 Å². The molecule has 1 aromatic rings. The fraction of sp³-hybridized carbons (Fsp3) is 0.625. The average Bonchev–Trinajstić information content (AvgIpc) is 2.42. The zero-order valence-electron chi connectivity index (χ0n) is 12.3. The third kappa shape index (κ3) is 3.27. The van der Waals surface area contributed by atoms with Crippen molar-refractivity contribution in [2.75, 3.05) is 38.1 Å². The van der Waals surface area contributed by atoms with Gasteiger partial charge < -0.3 is 9.80 Å². The minimum absolute atomic E-state index is 0.0612. The lowest BCUT2D eigenvalue weighted by atomic mass is 9.93. The molecule has 2 rings (SSSR count). The van der Waals surface area contributed by atoms with E-state index in [1.165, 1.54) is 0 Å². The first kappa shape index (κ1) is 14.3. The molecule has 0 N–H and O–H groups in total. The zero-order valence-corrected chi connectivity index (χ0v) is 12.3. The summed E-state index contributed by atoms with van der Waals surface area (Å²) in [6.45, 7) is 8.18. The fourth-order valence-electron chi connectivity index (χ4n) is 2.84. The van der Waals surface area contributed by atoms with Crippen LogP contribution in [0.1, 0.15) is 38.2 Å². The van der Waals surface area contributed by atoms with Crippen LogP contribution in [-0.4, -0.2) is 38.1 Å².